The van der Waals surface area contributed by atoms with Gasteiger partial charge in [-0.05, 0) is 0 Å². The van der Waals surface area contributed by atoms with Gasteiger partial charge in [0.25, 0.3) is 0 Å². The second-order valence-electron chi connectivity index (χ2n) is 0. The fourth-order valence-electron chi connectivity index (χ4n) is 0. The van der Waals surface area contributed by atoms with Crippen molar-refractivity contribution >= 4 is 0 Å². The zero-order valence-electron chi connectivity index (χ0n) is 13.2. The number of hydrogen-bond acceptors (Lipinski definition) is 0. The summed E-state index contributed by atoms with van der Waals surface area (Å²) in [5.41, 5.74) is 0. The third kappa shape index (κ3) is 2010. The van der Waals surface area contributed by atoms with Crippen LogP contribution >= 0.6 is 0 Å². The molecule has 7 radical (unpaired) electrons. The van der Waals surface area contributed by atoms with Gasteiger partial charge < -0.3 is 110 Å². The molecule has 0 bridgehead atoms. The molecule has 0 spiro atoms. The molecule has 0 aromatic rings. The molecule has 0 saturated heterocycles. The predicted molar refractivity (Wildman–Crippen MR) is 73.5 cm³/mol. The Morgan fingerprint density at radius 1 is 0.111 bits per heavy atom. The summed E-state index contributed by atoms with van der Waals surface area (Å²) in [5.74, 6) is 0. The summed E-state index contributed by atoms with van der Waals surface area (Å²) < 4.78 is 0. The van der Waals surface area contributed by atoms with Gasteiger partial charge in [-0.3, -0.25) is 0 Å². The van der Waals surface area contributed by atoms with Gasteiger partial charge in [-0.25, -0.2) is 0 Å². The summed E-state index contributed by atoms with van der Waals surface area (Å²) in [6, 6.07) is 0. The van der Waals surface area contributed by atoms with Crippen LogP contribution in [0.15, 0.2) is 0 Å². The number of hydrogen-bond donors (Lipinski definition) is 0. The molecule has 0 rings (SSSR count). The maximum atomic E-state index is 0. The fraction of sp³-hybridized carbons (Fsp3) is 0. The van der Waals surface area contributed by atoms with E-state index in [4.69, 9.17) is 0 Å². The van der Waals surface area contributed by atoms with Crippen LogP contribution in [0.5, 0.6) is 0 Å². The molecule has 0 aromatic carbocycles. The van der Waals surface area contributed by atoms with Crippen LogP contribution in [-0.4, -0.2) is 104 Å². The van der Waals surface area contributed by atoms with Crippen molar-refractivity contribution in [3.05, 3.63) is 0 Å². The first kappa shape index (κ1) is 2400. The normalized spacial score (nSPS) is 0. The summed E-state index contributed by atoms with van der Waals surface area (Å²) in [7, 11) is 0. The van der Waals surface area contributed by atoms with Gasteiger partial charge in [0.15, 0.2) is 0 Å². The monoisotopic (exact) mass is 718 g/mol. The van der Waals surface area contributed by atoms with Crippen molar-refractivity contribution in [3.8, 4) is 0 Å². The van der Waals surface area contributed by atoms with Gasteiger partial charge in [0, 0.05) is 130 Å². The van der Waals surface area contributed by atoms with E-state index in [1.807, 2.05) is 0 Å². The number of rotatable bonds is 0. The van der Waals surface area contributed by atoms with E-state index in [2.05, 4.69) is 0 Å². The van der Waals surface area contributed by atoms with Crippen LogP contribution in [0.4, 0.5) is 0 Å². The third-order valence-corrected chi connectivity index (χ3v) is 0. The van der Waals surface area contributed by atoms with Crippen molar-refractivity contribution in [3.63, 3.8) is 0 Å². The summed E-state index contributed by atoms with van der Waals surface area (Å²) in [5, 5.41) is 0. The largest absolute Gasteiger partial charge is 0.457 e. The Bertz CT molecular complexity index is 22.3. The fourth-order valence-corrected chi connectivity index (χ4v) is 0. The Kier molecular flexibility index (Phi) is 192000. The molecule has 0 aliphatic carbocycles. The zero-order valence-corrected chi connectivity index (χ0v) is 23.0. The average Bonchev–Trinajstić information content (AvgIpc) is 0. The van der Waals surface area contributed by atoms with Gasteiger partial charge in [0.05, 0.1) is 0 Å². The molecule has 0 atom stereocenters. The van der Waals surface area contributed by atoms with E-state index >= 15 is 0 Å². The van der Waals surface area contributed by atoms with E-state index in [1.165, 1.54) is 0 Å². The Labute approximate surface area is 237 Å². The van der Waals surface area contributed by atoms with Crippen LogP contribution in [0, 0.1) is 0 Å². The molecule has 20 nitrogen and oxygen atoms in total. The molecule has 0 amide bonds. The van der Waals surface area contributed by atoms with Gasteiger partial charge in [-0.1, -0.05) is 0 Å². The first-order valence-electron chi connectivity index (χ1n) is 0. The van der Waals surface area contributed by atoms with Gasteiger partial charge in [-0.15, -0.1) is 0 Å². The predicted octanol–water partition coefficient (Wildman–Crippen LogP) is -16.6. The summed E-state index contributed by atoms with van der Waals surface area (Å²) in [4.78, 5) is 0. The molecular weight excluding hydrogens is 677 g/mol. The molecule has 27 heavy (non-hydrogen) atoms. The topological polar surface area (TPSA) is 632 Å². The second-order valence-corrected chi connectivity index (χ2v) is 0. The zero-order chi connectivity index (χ0) is 0. The Morgan fingerprint density at radius 2 is 0.111 bits per heavy atom. The van der Waals surface area contributed by atoms with Crippen molar-refractivity contribution < 1.29 is 239 Å². The minimum atomic E-state index is 0. The van der Waals surface area contributed by atoms with Crippen molar-refractivity contribution in [1.82, 2.24) is 0 Å². The van der Waals surface area contributed by atoms with Crippen molar-refractivity contribution in [2.75, 3.05) is 0 Å². The summed E-state index contributed by atoms with van der Waals surface area (Å²) in [6.07, 6.45) is 0. The van der Waals surface area contributed by atoms with Gasteiger partial charge in [0.1, 0.15) is 0 Å². The molecule has 0 unspecified atom stereocenters. The van der Waals surface area contributed by atoms with E-state index in [0.29, 0.717) is 0 Å². The molecule has 0 aliphatic heterocycles. The van der Waals surface area contributed by atoms with Gasteiger partial charge >= 0.3 is 0 Å². The standard InChI is InChI=1S/20H2O.7V/h20*1H2;;;;;;;/p+1. The first-order chi connectivity index (χ1) is 0. The molecule has 0 saturated carbocycles. The van der Waals surface area contributed by atoms with Crippen molar-refractivity contribution in [2.24, 2.45) is 0 Å². The van der Waals surface area contributed by atoms with E-state index in [1.54, 1.807) is 0 Å². The van der Waals surface area contributed by atoms with E-state index in [0.717, 1.165) is 0 Å². The van der Waals surface area contributed by atoms with Crippen LogP contribution in [0.1, 0.15) is 0 Å². The molecule has 0 aliphatic rings. The van der Waals surface area contributed by atoms with E-state index in [9.17, 15) is 0 Å². The van der Waals surface area contributed by atoms with E-state index in [-0.39, 0.29) is 239 Å². The molecule has 41 N–H and O–H groups in total. The Balaban J connectivity index is 0. The SMILES string of the molecule is O.O.O.O.O.O.O.O.O.O.O.O.O.O.O.O.O.O.O.[OH3+].[V].[V].[V].[V].[V].[V].[V]. The molecule has 0 heterocycles. The molecule has 195 valence electrons. The molecular formula is H41O20V7+. The van der Waals surface area contributed by atoms with Crippen LogP contribution < -0.4 is 0 Å². The third-order valence-electron chi connectivity index (χ3n) is 0. The minimum absolute atomic E-state index is 0. The Morgan fingerprint density at radius 3 is 0.111 bits per heavy atom. The van der Waals surface area contributed by atoms with Gasteiger partial charge in [-0.2, -0.15) is 0 Å². The van der Waals surface area contributed by atoms with Crippen LogP contribution in [0.2, 0.25) is 0 Å². The van der Waals surface area contributed by atoms with Crippen LogP contribution in [-0.2, 0) is 135 Å². The first-order valence-corrected chi connectivity index (χ1v) is 0. The molecule has 27 heteroatoms. The summed E-state index contributed by atoms with van der Waals surface area (Å²) >= 11 is 0. The van der Waals surface area contributed by atoms with Crippen molar-refractivity contribution in [2.45, 2.75) is 0 Å². The maximum absolute atomic E-state index is 0. The Hall–Kier alpha value is 3.29. The molecule has 0 fully saturated rings. The van der Waals surface area contributed by atoms with E-state index < -0.39 is 0 Å². The van der Waals surface area contributed by atoms with Crippen LogP contribution in [0.25, 0.3) is 0 Å². The summed E-state index contributed by atoms with van der Waals surface area (Å²) in [6.45, 7) is 0. The smallest absolute Gasteiger partial charge is 0 e. The van der Waals surface area contributed by atoms with Crippen molar-refractivity contribution in [1.29, 1.82) is 0 Å². The quantitative estimate of drug-likeness (QED) is 0.211. The molecule has 0 aromatic heterocycles. The average molecular weight is 718 g/mol. The van der Waals surface area contributed by atoms with Gasteiger partial charge in [0.2, 0.25) is 0 Å². The van der Waals surface area contributed by atoms with Crippen LogP contribution in [0.3, 0.4) is 0 Å². The second kappa shape index (κ2) is 2160. The maximum Gasteiger partial charge on any atom is 0 e. The minimum Gasteiger partial charge on any atom is -0.457 e.